The highest BCUT2D eigenvalue weighted by molar-refractivity contribution is 5.80. The van der Waals surface area contributed by atoms with Gasteiger partial charge in [-0.25, -0.2) is 0 Å². The van der Waals surface area contributed by atoms with E-state index in [2.05, 4.69) is 5.32 Å². The average Bonchev–Trinajstić information content (AvgIpc) is 2.65. The van der Waals surface area contributed by atoms with E-state index in [1.165, 1.54) is 6.26 Å². The fourth-order valence-corrected chi connectivity index (χ4v) is 0.799. The third kappa shape index (κ3) is 2.64. The van der Waals surface area contributed by atoms with Gasteiger partial charge in [-0.1, -0.05) is 0 Å². The van der Waals surface area contributed by atoms with Crippen LogP contribution in [0.1, 0.15) is 12.7 Å². The number of amides is 1. The van der Waals surface area contributed by atoms with Gasteiger partial charge in [0, 0.05) is 0 Å². The maximum atomic E-state index is 11.1. The van der Waals surface area contributed by atoms with E-state index in [9.17, 15) is 4.79 Å². The van der Waals surface area contributed by atoms with Gasteiger partial charge in [0.1, 0.15) is 11.7 Å². The largest absolute Gasteiger partial charge is 0.467 e. The van der Waals surface area contributed by atoms with Crippen molar-refractivity contribution in [3.05, 3.63) is 24.2 Å². The summed E-state index contributed by atoms with van der Waals surface area (Å²) in [4.78, 5) is 11.1. The molecule has 0 spiro atoms. The number of hydrogen-bond donors (Lipinski definition) is 1. The lowest BCUT2D eigenvalue weighted by Gasteiger charge is -2.03. The van der Waals surface area contributed by atoms with Crippen molar-refractivity contribution in [1.82, 2.24) is 5.32 Å². The maximum Gasteiger partial charge on any atom is 0.237 e. The Hall–Kier alpha value is -1.76. The van der Waals surface area contributed by atoms with Gasteiger partial charge in [-0.2, -0.15) is 5.26 Å². The van der Waals surface area contributed by atoms with Crippen LogP contribution in [0, 0.1) is 17.2 Å². The van der Waals surface area contributed by atoms with Crippen LogP contribution >= 0.6 is 0 Å². The first-order valence-corrected chi connectivity index (χ1v) is 3.93. The highest BCUT2D eigenvalue weighted by atomic mass is 16.3. The van der Waals surface area contributed by atoms with Crippen molar-refractivity contribution in [3.63, 3.8) is 0 Å². The molecule has 4 nitrogen and oxygen atoms in total. The topological polar surface area (TPSA) is 66.0 Å². The molecule has 4 heteroatoms. The molecule has 1 amide bonds. The standard InChI is InChI=1S/C9H10N2O2/c1-7(5-10)9(12)11-6-8-3-2-4-13-8/h2-4,7H,6H2,1H3,(H,11,12). The number of nitrogens with zero attached hydrogens (tertiary/aromatic N) is 1. The molecule has 1 heterocycles. The van der Waals surface area contributed by atoms with Crippen LogP contribution in [0.25, 0.3) is 0 Å². The van der Waals surface area contributed by atoms with E-state index in [0.717, 1.165) is 0 Å². The predicted octanol–water partition coefficient (Wildman–Crippen LogP) is 1.06. The first-order chi connectivity index (χ1) is 6.24. The van der Waals surface area contributed by atoms with E-state index in [4.69, 9.17) is 9.68 Å². The van der Waals surface area contributed by atoms with Gasteiger partial charge in [0.15, 0.2) is 0 Å². The monoisotopic (exact) mass is 178 g/mol. The van der Waals surface area contributed by atoms with E-state index in [0.29, 0.717) is 12.3 Å². The predicted molar refractivity (Wildman–Crippen MR) is 45.3 cm³/mol. The molecule has 1 unspecified atom stereocenters. The smallest absolute Gasteiger partial charge is 0.237 e. The second-order valence-electron chi connectivity index (χ2n) is 2.65. The summed E-state index contributed by atoms with van der Waals surface area (Å²) < 4.78 is 5.00. The Morgan fingerprint density at radius 2 is 2.62 bits per heavy atom. The third-order valence-electron chi connectivity index (χ3n) is 1.60. The lowest BCUT2D eigenvalue weighted by Crippen LogP contribution is -2.27. The number of nitriles is 1. The minimum absolute atomic E-state index is 0.279. The Morgan fingerprint density at radius 3 is 3.15 bits per heavy atom. The summed E-state index contributed by atoms with van der Waals surface area (Å²) >= 11 is 0. The molecule has 0 aliphatic heterocycles. The summed E-state index contributed by atoms with van der Waals surface area (Å²) in [6, 6.07) is 5.36. The van der Waals surface area contributed by atoms with Crippen LogP contribution in [0.5, 0.6) is 0 Å². The molecule has 1 aromatic rings. The molecule has 1 rings (SSSR count). The summed E-state index contributed by atoms with van der Waals surface area (Å²) in [5.74, 6) is -0.215. The van der Waals surface area contributed by atoms with Crippen LogP contribution < -0.4 is 5.32 Å². The zero-order valence-corrected chi connectivity index (χ0v) is 7.28. The van der Waals surface area contributed by atoms with Crippen LogP contribution in [0.3, 0.4) is 0 Å². The summed E-state index contributed by atoms with van der Waals surface area (Å²) in [7, 11) is 0. The van der Waals surface area contributed by atoms with Crippen molar-refractivity contribution in [2.45, 2.75) is 13.5 Å². The molecule has 1 atom stereocenters. The molecule has 13 heavy (non-hydrogen) atoms. The average molecular weight is 178 g/mol. The number of furan rings is 1. The maximum absolute atomic E-state index is 11.1. The van der Waals surface area contributed by atoms with Crippen LogP contribution in [-0.4, -0.2) is 5.91 Å². The minimum atomic E-state index is -0.616. The summed E-state index contributed by atoms with van der Waals surface area (Å²) in [6.07, 6.45) is 1.54. The Kier molecular flexibility index (Phi) is 3.09. The lowest BCUT2D eigenvalue weighted by atomic mass is 10.2. The number of carbonyl (C=O) groups is 1. The molecule has 0 aromatic carbocycles. The molecule has 68 valence electrons. The summed E-state index contributed by atoms with van der Waals surface area (Å²) in [5, 5.41) is 11.0. The number of carbonyl (C=O) groups excluding carboxylic acids is 1. The van der Waals surface area contributed by atoms with Crippen molar-refractivity contribution in [1.29, 1.82) is 5.26 Å². The van der Waals surface area contributed by atoms with Gasteiger partial charge in [-0.15, -0.1) is 0 Å². The Morgan fingerprint density at radius 1 is 1.85 bits per heavy atom. The first kappa shape index (κ1) is 9.33. The van der Waals surface area contributed by atoms with Crippen LogP contribution in [0.4, 0.5) is 0 Å². The first-order valence-electron chi connectivity index (χ1n) is 3.93. The fourth-order valence-electron chi connectivity index (χ4n) is 0.799. The van der Waals surface area contributed by atoms with E-state index in [1.54, 1.807) is 19.1 Å². The van der Waals surface area contributed by atoms with Gasteiger partial charge in [-0.05, 0) is 19.1 Å². The van der Waals surface area contributed by atoms with Gasteiger partial charge < -0.3 is 9.73 Å². The van der Waals surface area contributed by atoms with E-state index < -0.39 is 5.92 Å². The van der Waals surface area contributed by atoms with Crippen molar-refractivity contribution < 1.29 is 9.21 Å². The molecule has 1 aromatic heterocycles. The molecule has 0 saturated carbocycles. The second-order valence-corrected chi connectivity index (χ2v) is 2.65. The van der Waals surface area contributed by atoms with Gasteiger partial charge >= 0.3 is 0 Å². The molecular formula is C9H10N2O2. The molecule has 0 aliphatic rings. The van der Waals surface area contributed by atoms with E-state index >= 15 is 0 Å². The Bertz CT molecular complexity index is 311. The van der Waals surface area contributed by atoms with E-state index in [1.807, 2.05) is 6.07 Å². The van der Waals surface area contributed by atoms with Crippen molar-refractivity contribution in [2.75, 3.05) is 0 Å². The fraction of sp³-hybridized carbons (Fsp3) is 0.333. The molecule has 0 bridgehead atoms. The SMILES string of the molecule is CC(C#N)C(=O)NCc1ccco1. The Labute approximate surface area is 76.2 Å². The van der Waals surface area contributed by atoms with Gasteiger partial charge in [0.2, 0.25) is 5.91 Å². The van der Waals surface area contributed by atoms with Crippen molar-refractivity contribution in [2.24, 2.45) is 5.92 Å². The number of rotatable bonds is 3. The molecule has 0 saturated heterocycles. The normalized spacial score (nSPS) is 11.7. The summed E-state index contributed by atoms with van der Waals surface area (Å²) in [6.45, 7) is 1.88. The molecular weight excluding hydrogens is 168 g/mol. The van der Waals surface area contributed by atoms with Crippen LogP contribution in [0.2, 0.25) is 0 Å². The molecule has 0 aliphatic carbocycles. The highest BCUT2D eigenvalue weighted by Crippen LogP contribution is 1.99. The van der Waals surface area contributed by atoms with Crippen molar-refractivity contribution >= 4 is 5.91 Å². The van der Waals surface area contributed by atoms with Gasteiger partial charge in [-0.3, -0.25) is 4.79 Å². The Balaban J connectivity index is 2.36. The van der Waals surface area contributed by atoms with E-state index in [-0.39, 0.29) is 5.91 Å². The molecule has 0 radical (unpaired) electrons. The van der Waals surface area contributed by atoms with Gasteiger partial charge in [0.25, 0.3) is 0 Å². The summed E-state index contributed by atoms with van der Waals surface area (Å²) in [5.41, 5.74) is 0. The van der Waals surface area contributed by atoms with Crippen LogP contribution in [-0.2, 0) is 11.3 Å². The minimum Gasteiger partial charge on any atom is -0.467 e. The molecule has 0 fully saturated rings. The lowest BCUT2D eigenvalue weighted by molar-refractivity contribution is -0.123. The van der Waals surface area contributed by atoms with Crippen molar-refractivity contribution in [3.8, 4) is 6.07 Å². The van der Waals surface area contributed by atoms with Crippen LogP contribution in [0.15, 0.2) is 22.8 Å². The molecule has 1 N–H and O–H groups in total. The zero-order chi connectivity index (χ0) is 9.68. The second kappa shape index (κ2) is 4.31. The third-order valence-corrected chi connectivity index (χ3v) is 1.60. The highest BCUT2D eigenvalue weighted by Gasteiger charge is 2.10. The number of hydrogen-bond acceptors (Lipinski definition) is 3. The number of nitrogens with one attached hydrogen (secondary N) is 1. The van der Waals surface area contributed by atoms with Gasteiger partial charge in [0.05, 0.1) is 18.9 Å². The zero-order valence-electron chi connectivity index (χ0n) is 7.28. The quantitative estimate of drug-likeness (QED) is 0.752.